The van der Waals surface area contributed by atoms with E-state index in [-0.39, 0.29) is 13.2 Å². The molecule has 1 saturated heterocycles. The molecule has 0 spiro atoms. The van der Waals surface area contributed by atoms with E-state index < -0.39 is 11.7 Å². The van der Waals surface area contributed by atoms with Crippen molar-refractivity contribution >= 4 is 10.8 Å². The highest BCUT2D eigenvalue weighted by Gasteiger charge is 2.32. The van der Waals surface area contributed by atoms with Crippen LogP contribution in [0.2, 0.25) is 0 Å². The van der Waals surface area contributed by atoms with Gasteiger partial charge in [-0.1, -0.05) is 54.6 Å². The molecule has 1 fully saturated rings. The Balaban J connectivity index is 1.45. The van der Waals surface area contributed by atoms with Crippen LogP contribution in [0.15, 0.2) is 60.7 Å². The Hall–Kier alpha value is -2.44. The van der Waals surface area contributed by atoms with Crippen molar-refractivity contribution in [3.8, 4) is 16.9 Å². The van der Waals surface area contributed by atoms with Gasteiger partial charge >= 0.3 is 0 Å². The van der Waals surface area contributed by atoms with Crippen LogP contribution in [-0.2, 0) is 0 Å². The van der Waals surface area contributed by atoms with Crippen molar-refractivity contribution in [2.24, 2.45) is 0 Å². The van der Waals surface area contributed by atoms with Gasteiger partial charge in [-0.2, -0.15) is 0 Å². The fourth-order valence-electron chi connectivity index (χ4n) is 4.35. The van der Waals surface area contributed by atoms with E-state index in [1.165, 1.54) is 16.7 Å². The summed E-state index contributed by atoms with van der Waals surface area (Å²) in [6.45, 7) is 3.91. The van der Waals surface area contributed by atoms with Crippen molar-refractivity contribution in [2.75, 3.05) is 32.8 Å². The highest BCUT2D eigenvalue weighted by atomic mass is 16.5. The molecule has 5 heteroatoms. The number of fused-ring (bicyclic) bond motifs is 1. The largest absolute Gasteiger partial charge is 0.490 e. The Morgan fingerprint density at radius 3 is 2.32 bits per heavy atom. The first-order valence-electron chi connectivity index (χ1n) is 10.9. The molecule has 0 bridgehead atoms. The summed E-state index contributed by atoms with van der Waals surface area (Å²) in [5, 5.41) is 32.1. The van der Waals surface area contributed by atoms with Crippen molar-refractivity contribution in [3.05, 3.63) is 66.2 Å². The summed E-state index contributed by atoms with van der Waals surface area (Å²) in [7, 11) is 0. The van der Waals surface area contributed by atoms with E-state index in [2.05, 4.69) is 48.2 Å². The molecule has 0 aliphatic carbocycles. The van der Waals surface area contributed by atoms with Gasteiger partial charge in [-0.3, -0.25) is 0 Å². The van der Waals surface area contributed by atoms with Crippen LogP contribution in [0.25, 0.3) is 21.9 Å². The summed E-state index contributed by atoms with van der Waals surface area (Å²) >= 11 is 0. The number of aliphatic hydroxyl groups is 3. The maximum absolute atomic E-state index is 10.5. The first-order valence-corrected chi connectivity index (χ1v) is 10.9. The minimum atomic E-state index is -0.976. The third-order valence-electron chi connectivity index (χ3n) is 6.30. The highest BCUT2D eigenvalue weighted by Crippen LogP contribution is 2.35. The van der Waals surface area contributed by atoms with Crippen LogP contribution < -0.4 is 4.74 Å². The molecule has 164 valence electrons. The molecule has 0 amide bonds. The lowest BCUT2D eigenvalue weighted by molar-refractivity contribution is -0.0656. The van der Waals surface area contributed by atoms with Gasteiger partial charge in [-0.25, -0.2) is 0 Å². The second-order valence-corrected chi connectivity index (χ2v) is 8.62. The topological polar surface area (TPSA) is 73.2 Å². The number of piperidine rings is 1. The molecule has 1 atom stereocenters. The van der Waals surface area contributed by atoms with Crippen LogP contribution in [0.4, 0.5) is 0 Å². The minimum absolute atomic E-state index is 0.203. The summed E-state index contributed by atoms with van der Waals surface area (Å²) < 4.78 is 6.04. The Kier molecular flexibility index (Phi) is 6.58. The maximum Gasteiger partial charge on any atom is 0.127 e. The fraction of sp³-hybridized carbons (Fsp3) is 0.385. The van der Waals surface area contributed by atoms with Gasteiger partial charge < -0.3 is 25.0 Å². The van der Waals surface area contributed by atoms with Crippen molar-refractivity contribution in [2.45, 2.75) is 31.5 Å². The van der Waals surface area contributed by atoms with Crippen LogP contribution in [0, 0.1) is 6.92 Å². The van der Waals surface area contributed by atoms with Crippen molar-refractivity contribution in [3.63, 3.8) is 0 Å². The molecule has 1 aliphatic rings. The molecule has 1 aliphatic heterocycles. The molecule has 1 heterocycles. The molecule has 31 heavy (non-hydrogen) atoms. The molecule has 0 radical (unpaired) electrons. The molecule has 3 aromatic carbocycles. The smallest absolute Gasteiger partial charge is 0.127 e. The first-order chi connectivity index (χ1) is 15.0. The van der Waals surface area contributed by atoms with Crippen LogP contribution >= 0.6 is 0 Å². The summed E-state index contributed by atoms with van der Waals surface area (Å²) in [5.74, 6) is 0.764. The lowest BCUT2D eigenvalue weighted by Crippen LogP contribution is -2.48. The predicted octanol–water partition coefficient (Wildman–Crippen LogP) is 3.37. The van der Waals surface area contributed by atoms with Crippen molar-refractivity contribution < 1.29 is 20.1 Å². The third-order valence-corrected chi connectivity index (χ3v) is 6.30. The number of hydrogen-bond acceptors (Lipinski definition) is 5. The zero-order chi connectivity index (χ0) is 21.8. The molecule has 0 saturated carbocycles. The first kappa shape index (κ1) is 21.8. The SMILES string of the molecule is Cc1ccccc1-c1ccc(OCC(O)CN2CCC(O)(CO)CC2)c2ccccc12. The van der Waals surface area contributed by atoms with Gasteiger partial charge in [0, 0.05) is 25.0 Å². The fourth-order valence-corrected chi connectivity index (χ4v) is 4.35. The normalized spacial score (nSPS) is 17.5. The monoisotopic (exact) mass is 421 g/mol. The van der Waals surface area contributed by atoms with E-state index in [9.17, 15) is 15.3 Å². The van der Waals surface area contributed by atoms with Gasteiger partial charge in [0.15, 0.2) is 0 Å². The Morgan fingerprint density at radius 2 is 1.61 bits per heavy atom. The number of rotatable bonds is 7. The highest BCUT2D eigenvalue weighted by molar-refractivity contribution is 6.00. The molecule has 1 unspecified atom stereocenters. The average molecular weight is 422 g/mol. The van der Waals surface area contributed by atoms with Gasteiger partial charge in [0.25, 0.3) is 0 Å². The molecule has 0 aromatic heterocycles. The van der Waals surface area contributed by atoms with Gasteiger partial charge in [0.2, 0.25) is 0 Å². The van der Waals surface area contributed by atoms with Crippen molar-refractivity contribution in [1.82, 2.24) is 4.90 Å². The number of nitrogens with zero attached hydrogens (tertiary/aromatic N) is 1. The number of aryl methyl sites for hydroxylation is 1. The Bertz CT molecular complexity index is 1030. The summed E-state index contributed by atoms with van der Waals surface area (Å²) in [4.78, 5) is 2.11. The second-order valence-electron chi connectivity index (χ2n) is 8.62. The van der Waals surface area contributed by atoms with E-state index in [4.69, 9.17) is 4.74 Å². The quantitative estimate of drug-likeness (QED) is 0.546. The van der Waals surface area contributed by atoms with E-state index in [1.807, 2.05) is 24.3 Å². The van der Waals surface area contributed by atoms with Crippen LogP contribution in [0.3, 0.4) is 0 Å². The van der Waals surface area contributed by atoms with E-state index >= 15 is 0 Å². The summed E-state index contributed by atoms with van der Waals surface area (Å²) in [6.07, 6.45) is 0.402. The zero-order valence-corrected chi connectivity index (χ0v) is 18.0. The van der Waals surface area contributed by atoms with E-state index in [1.54, 1.807) is 0 Å². The van der Waals surface area contributed by atoms with E-state index in [0.717, 1.165) is 16.5 Å². The minimum Gasteiger partial charge on any atom is -0.490 e. The summed E-state index contributed by atoms with van der Waals surface area (Å²) in [6, 6.07) is 20.6. The molecule has 4 rings (SSSR count). The second kappa shape index (κ2) is 9.37. The molecule has 3 N–H and O–H groups in total. The maximum atomic E-state index is 10.5. The Morgan fingerprint density at radius 1 is 0.935 bits per heavy atom. The van der Waals surface area contributed by atoms with Gasteiger partial charge in [-0.15, -0.1) is 0 Å². The van der Waals surface area contributed by atoms with Gasteiger partial charge in [0.05, 0.1) is 12.2 Å². The lowest BCUT2D eigenvalue weighted by atomic mass is 9.92. The van der Waals surface area contributed by atoms with Crippen molar-refractivity contribution in [1.29, 1.82) is 0 Å². The molecular formula is C26H31NO4. The van der Waals surface area contributed by atoms with E-state index in [0.29, 0.717) is 32.5 Å². The number of hydrogen-bond donors (Lipinski definition) is 3. The predicted molar refractivity (Wildman–Crippen MR) is 123 cm³/mol. The molecular weight excluding hydrogens is 390 g/mol. The molecule has 5 nitrogen and oxygen atoms in total. The van der Waals surface area contributed by atoms with Crippen LogP contribution in [0.5, 0.6) is 5.75 Å². The van der Waals surface area contributed by atoms with Crippen LogP contribution in [-0.4, -0.2) is 64.8 Å². The molecule has 3 aromatic rings. The van der Waals surface area contributed by atoms with Crippen LogP contribution in [0.1, 0.15) is 18.4 Å². The number of benzene rings is 3. The average Bonchev–Trinajstić information content (AvgIpc) is 2.80. The summed E-state index contributed by atoms with van der Waals surface area (Å²) in [5.41, 5.74) is 2.63. The lowest BCUT2D eigenvalue weighted by Gasteiger charge is -2.37. The Labute approximate surface area is 183 Å². The number of likely N-dealkylation sites (tertiary alicyclic amines) is 1. The van der Waals surface area contributed by atoms with Gasteiger partial charge in [0.1, 0.15) is 18.5 Å². The number of ether oxygens (including phenoxy) is 1. The zero-order valence-electron chi connectivity index (χ0n) is 18.0. The standard InChI is InChI=1S/C26H31NO4/c1-19-6-2-3-7-21(19)23-10-11-25(24-9-5-4-8-22(23)24)31-17-20(29)16-27-14-12-26(30,18-28)13-15-27/h2-11,20,28-30H,12-18H2,1H3. The number of β-amino-alcohol motifs (C(OH)–C–C–N with tert-alkyl or cyclic N) is 1. The van der Waals surface area contributed by atoms with Gasteiger partial charge in [-0.05, 0) is 47.9 Å². The third kappa shape index (κ3) is 4.91. The number of aliphatic hydroxyl groups excluding tert-OH is 2.